The van der Waals surface area contributed by atoms with Gasteiger partial charge in [0.2, 0.25) is 0 Å². The zero-order valence-electron chi connectivity index (χ0n) is 20.5. The Morgan fingerprint density at radius 2 is 1.67 bits per heavy atom. The second-order valence-electron chi connectivity index (χ2n) is 10.1. The number of carbonyl (C=O) groups excluding carboxylic acids is 1. The summed E-state index contributed by atoms with van der Waals surface area (Å²) in [6, 6.07) is 13.3. The van der Waals surface area contributed by atoms with Crippen molar-refractivity contribution in [3.05, 3.63) is 64.1 Å². The molecule has 174 valence electrons. The molecular weight excluding hydrogens is 432 g/mol. The van der Waals surface area contributed by atoms with Gasteiger partial charge in [-0.1, -0.05) is 37.7 Å². The highest BCUT2D eigenvalue weighted by Gasteiger charge is 2.21. The molecule has 1 aromatic heterocycles. The van der Waals surface area contributed by atoms with E-state index in [0.29, 0.717) is 12.1 Å². The summed E-state index contributed by atoms with van der Waals surface area (Å²) in [6.07, 6.45) is 0. The van der Waals surface area contributed by atoms with Crippen molar-refractivity contribution >= 4 is 25.1 Å². The summed E-state index contributed by atoms with van der Waals surface area (Å²) in [4.78, 5) is 25.9. The first-order chi connectivity index (χ1) is 15.4. The predicted molar refractivity (Wildman–Crippen MR) is 134 cm³/mol. The van der Waals surface area contributed by atoms with Gasteiger partial charge in [-0.05, 0) is 56.7 Å². The van der Waals surface area contributed by atoms with Crippen LogP contribution in [0.15, 0.2) is 47.3 Å². The van der Waals surface area contributed by atoms with Gasteiger partial charge in [0, 0.05) is 5.56 Å². The minimum Gasteiger partial charge on any atom is -0.497 e. The van der Waals surface area contributed by atoms with Crippen molar-refractivity contribution in [2.75, 3.05) is 7.11 Å². The zero-order chi connectivity index (χ0) is 24.4. The number of rotatable bonds is 5. The molecule has 3 aromatic rings. The molecule has 0 aliphatic heterocycles. The van der Waals surface area contributed by atoms with E-state index in [1.807, 2.05) is 63.2 Å². The third-order valence-corrected chi connectivity index (χ3v) is 5.68. The molecule has 0 aliphatic carbocycles. The molecule has 7 heteroatoms. The Balaban J connectivity index is 2.10. The lowest BCUT2D eigenvalue weighted by Crippen LogP contribution is -2.31. The highest BCUT2D eigenvalue weighted by atomic mass is 28.3. The SMILES string of the molecule is COc1ccc(Cn2c(=O)n(CC(=O)OC(C)(C)C)c3ccc(C#C[Si](C)(C)C)cc32)cc1. The smallest absolute Gasteiger partial charge is 0.329 e. The lowest BCUT2D eigenvalue weighted by atomic mass is 10.2. The van der Waals surface area contributed by atoms with E-state index < -0.39 is 19.6 Å². The van der Waals surface area contributed by atoms with Gasteiger partial charge >= 0.3 is 11.7 Å². The molecule has 1 heterocycles. The first kappa shape index (κ1) is 24.4. The molecule has 0 unspecified atom stereocenters. The molecule has 0 atom stereocenters. The lowest BCUT2D eigenvalue weighted by Gasteiger charge is -2.19. The lowest BCUT2D eigenvalue weighted by molar-refractivity contribution is -0.155. The summed E-state index contributed by atoms with van der Waals surface area (Å²) in [5.74, 6) is 3.57. The van der Waals surface area contributed by atoms with Crippen LogP contribution in [0.2, 0.25) is 19.6 Å². The fraction of sp³-hybridized carbons (Fsp3) is 0.385. The summed E-state index contributed by atoms with van der Waals surface area (Å²) in [6.45, 7) is 12.2. The summed E-state index contributed by atoms with van der Waals surface area (Å²) >= 11 is 0. The van der Waals surface area contributed by atoms with E-state index in [4.69, 9.17) is 9.47 Å². The molecule has 0 saturated carbocycles. The van der Waals surface area contributed by atoms with Crippen molar-refractivity contribution in [3.8, 4) is 17.2 Å². The minimum atomic E-state index is -1.55. The quantitative estimate of drug-likeness (QED) is 0.318. The van der Waals surface area contributed by atoms with Crippen LogP contribution >= 0.6 is 0 Å². The molecule has 2 aromatic carbocycles. The normalized spacial score (nSPS) is 11.7. The number of hydrogen-bond acceptors (Lipinski definition) is 4. The fourth-order valence-electron chi connectivity index (χ4n) is 3.38. The van der Waals surface area contributed by atoms with Gasteiger partial charge in [-0.15, -0.1) is 5.54 Å². The molecule has 0 bridgehead atoms. The average molecular weight is 465 g/mol. The van der Waals surface area contributed by atoms with E-state index in [1.54, 1.807) is 11.7 Å². The van der Waals surface area contributed by atoms with Gasteiger partial charge in [-0.2, -0.15) is 0 Å². The molecule has 0 spiro atoms. The number of hydrogen-bond donors (Lipinski definition) is 0. The molecule has 3 rings (SSSR count). The topological polar surface area (TPSA) is 62.5 Å². The van der Waals surface area contributed by atoms with E-state index in [2.05, 4.69) is 31.1 Å². The Bertz CT molecular complexity index is 1280. The maximum atomic E-state index is 13.4. The first-order valence-corrected chi connectivity index (χ1v) is 14.5. The molecule has 0 N–H and O–H groups in total. The Morgan fingerprint density at radius 1 is 1.00 bits per heavy atom. The summed E-state index contributed by atoms with van der Waals surface area (Å²) in [5, 5.41) is 0. The van der Waals surface area contributed by atoms with Crippen LogP contribution in [-0.4, -0.2) is 35.9 Å². The highest BCUT2D eigenvalue weighted by molar-refractivity contribution is 6.83. The van der Waals surface area contributed by atoms with Crippen LogP contribution in [0, 0.1) is 11.5 Å². The molecule has 0 fully saturated rings. The molecule has 0 saturated heterocycles. The number of fused-ring (bicyclic) bond motifs is 1. The Morgan fingerprint density at radius 3 is 2.24 bits per heavy atom. The van der Waals surface area contributed by atoms with Crippen LogP contribution in [0.4, 0.5) is 0 Å². The third-order valence-electron chi connectivity index (χ3n) is 4.81. The number of carbonyl (C=O) groups is 1. The van der Waals surface area contributed by atoms with Gasteiger partial charge in [-0.3, -0.25) is 13.9 Å². The predicted octanol–water partition coefficient (Wildman–Crippen LogP) is 4.43. The van der Waals surface area contributed by atoms with E-state index in [0.717, 1.165) is 22.4 Å². The van der Waals surface area contributed by atoms with Gasteiger partial charge in [-0.25, -0.2) is 4.79 Å². The second-order valence-corrected chi connectivity index (χ2v) is 14.8. The monoisotopic (exact) mass is 464 g/mol. The van der Waals surface area contributed by atoms with E-state index >= 15 is 0 Å². The Labute approximate surface area is 196 Å². The standard InChI is InChI=1S/C26H32N2O4Si/c1-26(2,3)32-24(29)18-28-22-13-10-19(14-15-33(5,6)7)16-23(22)27(25(28)30)17-20-8-11-21(31-4)12-9-20/h8-13,16H,17-18H2,1-7H3. The van der Waals surface area contributed by atoms with Crippen molar-refractivity contribution < 1.29 is 14.3 Å². The summed E-state index contributed by atoms with van der Waals surface area (Å²) < 4.78 is 13.9. The molecule has 0 amide bonds. The second kappa shape index (κ2) is 9.32. The van der Waals surface area contributed by atoms with E-state index in [1.165, 1.54) is 4.57 Å². The number of ether oxygens (including phenoxy) is 2. The Kier molecular flexibility index (Phi) is 6.89. The first-order valence-electron chi connectivity index (χ1n) is 11.0. The maximum absolute atomic E-state index is 13.4. The van der Waals surface area contributed by atoms with Gasteiger partial charge in [0.05, 0.1) is 24.7 Å². The fourth-order valence-corrected chi connectivity index (χ4v) is 3.90. The molecule has 0 aliphatic rings. The van der Waals surface area contributed by atoms with Crippen molar-refractivity contribution in [3.63, 3.8) is 0 Å². The minimum absolute atomic E-state index is 0.151. The van der Waals surface area contributed by atoms with Crippen molar-refractivity contribution in [2.45, 2.75) is 59.1 Å². The highest BCUT2D eigenvalue weighted by Crippen LogP contribution is 2.19. The van der Waals surface area contributed by atoms with E-state index in [-0.39, 0.29) is 12.2 Å². The van der Waals surface area contributed by atoms with Crippen molar-refractivity contribution in [2.24, 2.45) is 0 Å². The van der Waals surface area contributed by atoms with Gasteiger partial charge < -0.3 is 9.47 Å². The number of aromatic nitrogens is 2. The van der Waals surface area contributed by atoms with Crippen LogP contribution in [0.25, 0.3) is 11.0 Å². The largest absolute Gasteiger partial charge is 0.497 e. The van der Waals surface area contributed by atoms with Crippen LogP contribution in [0.3, 0.4) is 0 Å². The average Bonchev–Trinajstić information content (AvgIpc) is 2.96. The molecule has 33 heavy (non-hydrogen) atoms. The number of benzene rings is 2. The van der Waals surface area contributed by atoms with Crippen molar-refractivity contribution in [1.82, 2.24) is 9.13 Å². The number of methoxy groups -OCH3 is 1. The number of imidazole rings is 1. The van der Waals surface area contributed by atoms with Crippen molar-refractivity contribution in [1.29, 1.82) is 0 Å². The molecule has 0 radical (unpaired) electrons. The summed E-state index contributed by atoms with van der Waals surface area (Å²) in [7, 11) is 0.0684. The zero-order valence-corrected chi connectivity index (χ0v) is 21.5. The van der Waals surface area contributed by atoms with Crippen LogP contribution in [0.5, 0.6) is 5.75 Å². The molecule has 6 nitrogen and oxygen atoms in total. The van der Waals surface area contributed by atoms with E-state index in [9.17, 15) is 9.59 Å². The number of esters is 1. The summed E-state index contributed by atoms with van der Waals surface area (Å²) in [5.41, 5.74) is 5.70. The van der Waals surface area contributed by atoms with Gasteiger partial charge in [0.25, 0.3) is 0 Å². The van der Waals surface area contributed by atoms with Crippen LogP contribution < -0.4 is 10.4 Å². The molecular formula is C26H32N2O4Si. The maximum Gasteiger partial charge on any atom is 0.329 e. The van der Waals surface area contributed by atoms with Gasteiger partial charge in [0.15, 0.2) is 0 Å². The van der Waals surface area contributed by atoms with Crippen LogP contribution in [0.1, 0.15) is 31.9 Å². The third kappa shape index (κ3) is 6.39. The van der Waals surface area contributed by atoms with Gasteiger partial charge in [0.1, 0.15) is 26.0 Å². The Hall–Kier alpha value is -3.24. The van der Waals surface area contributed by atoms with Crippen LogP contribution in [-0.2, 0) is 22.6 Å². The number of nitrogens with zero attached hydrogens (tertiary/aromatic N) is 2.